The van der Waals surface area contributed by atoms with E-state index >= 15 is 0 Å². The van der Waals surface area contributed by atoms with Crippen LogP contribution < -0.4 is 0 Å². The van der Waals surface area contributed by atoms with Gasteiger partial charge >= 0.3 is 0 Å². The maximum absolute atomic E-state index is 10.4. The van der Waals surface area contributed by atoms with Crippen molar-refractivity contribution in [2.24, 2.45) is 21.8 Å². The molecule has 0 fully saturated rings. The van der Waals surface area contributed by atoms with Crippen LogP contribution in [0, 0.1) is 11.8 Å². The highest BCUT2D eigenvalue weighted by Gasteiger charge is 2.08. The second-order valence-electron chi connectivity index (χ2n) is 5.79. The van der Waals surface area contributed by atoms with Crippen LogP contribution in [0.1, 0.15) is 11.1 Å². The molecule has 2 aliphatic rings. The maximum Gasteiger partial charge on any atom is 0.133 e. The number of benzene rings is 1. The van der Waals surface area contributed by atoms with E-state index in [0.717, 1.165) is 0 Å². The zero-order valence-electron chi connectivity index (χ0n) is 13.2. The van der Waals surface area contributed by atoms with Crippen LogP contribution in [0.15, 0.2) is 70.7 Å². The first-order chi connectivity index (χ1) is 11.7. The summed E-state index contributed by atoms with van der Waals surface area (Å²) < 4.78 is 0. The monoisotopic (exact) mass is 338 g/mol. The van der Waals surface area contributed by atoms with Gasteiger partial charge in [0.2, 0.25) is 0 Å². The van der Waals surface area contributed by atoms with Gasteiger partial charge < -0.3 is 5.11 Å². The highest BCUT2D eigenvalue weighted by molar-refractivity contribution is 6.31. The van der Waals surface area contributed by atoms with Gasteiger partial charge in [0.1, 0.15) is 5.75 Å². The van der Waals surface area contributed by atoms with Gasteiger partial charge in [-0.1, -0.05) is 60.2 Å². The van der Waals surface area contributed by atoms with Crippen molar-refractivity contribution in [3.8, 4) is 5.75 Å². The minimum atomic E-state index is 0.155. The molecule has 3 nitrogen and oxygen atoms in total. The average Bonchev–Trinajstić information content (AvgIpc) is 3.25. The summed E-state index contributed by atoms with van der Waals surface area (Å²) in [7, 11) is 0. The number of halogens is 1. The molecule has 4 heteroatoms. The Morgan fingerprint density at radius 1 is 0.833 bits per heavy atom. The highest BCUT2D eigenvalue weighted by atomic mass is 35.5. The van der Waals surface area contributed by atoms with E-state index < -0.39 is 0 Å². The van der Waals surface area contributed by atoms with Gasteiger partial charge in [-0.3, -0.25) is 9.98 Å². The molecule has 1 N–H and O–H groups in total. The molecule has 0 radical (unpaired) electrons. The summed E-state index contributed by atoms with van der Waals surface area (Å²) in [5.74, 6) is 0.814. The Hall–Kier alpha value is -2.39. The number of hydrogen-bond donors (Lipinski definition) is 1. The fourth-order valence-corrected chi connectivity index (χ4v) is 2.82. The zero-order chi connectivity index (χ0) is 16.8. The van der Waals surface area contributed by atoms with Crippen LogP contribution >= 0.6 is 11.6 Å². The number of aromatic hydroxyl groups is 1. The minimum absolute atomic E-state index is 0.155. The molecule has 0 atom stereocenters. The number of rotatable bonds is 6. The summed E-state index contributed by atoms with van der Waals surface area (Å²) in [6, 6.07) is 3.42. The lowest BCUT2D eigenvalue weighted by molar-refractivity contribution is 0.473. The molecule has 0 saturated heterocycles. The van der Waals surface area contributed by atoms with Crippen LogP contribution in [-0.4, -0.2) is 30.6 Å². The number of nitrogens with zero attached hydrogens (tertiary/aromatic N) is 2. The molecule has 0 heterocycles. The van der Waals surface area contributed by atoms with E-state index in [0.29, 0.717) is 41.1 Å². The molecular weight excluding hydrogens is 320 g/mol. The number of hydrogen-bond acceptors (Lipinski definition) is 3. The molecule has 0 saturated carbocycles. The lowest BCUT2D eigenvalue weighted by Crippen LogP contribution is -1.97. The van der Waals surface area contributed by atoms with Crippen LogP contribution in [0.3, 0.4) is 0 Å². The van der Waals surface area contributed by atoms with Crippen molar-refractivity contribution in [1.82, 2.24) is 0 Å². The summed E-state index contributed by atoms with van der Waals surface area (Å²) >= 11 is 6.15. The van der Waals surface area contributed by atoms with Crippen LogP contribution in [0.5, 0.6) is 5.75 Å². The minimum Gasteiger partial charge on any atom is -0.507 e. The third-order valence-corrected chi connectivity index (χ3v) is 4.10. The van der Waals surface area contributed by atoms with Gasteiger partial charge in [0, 0.05) is 53.5 Å². The molecule has 2 aliphatic carbocycles. The fraction of sp³-hybridized carbons (Fsp3) is 0.200. The van der Waals surface area contributed by atoms with E-state index in [1.165, 1.54) is 0 Å². The van der Waals surface area contributed by atoms with E-state index in [2.05, 4.69) is 34.3 Å². The van der Waals surface area contributed by atoms with Crippen molar-refractivity contribution in [3.63, 3.8) is 0 Å². The molecule has 1 aromatic carbocycles. The molecule has 0 amide bonds. The molecule has 1 aromatic rings. The first kappa shape index (κ1) is 16.5. The second kappa shape index (κ2) is 7.93. The third kappa shape index (κ3) is 4.33. The van der Waals surface area contributed by atoms with Crippen LogP contribution in [0.2, 0.25) is 5.02 Å². The highest BCUT2D eigenvalue weighted by Crippen LogP contribution is 2.25. The molecule has 122 valence electrons. The first-order valence-electron chi connectivity index (χ1n) is 7.94. The Labute approximate surface area is 147 Å². The predicted octanol–water partition coefficient (Wildman–Crippen LogP) is 4.37. The Balaban J connectivity index is 1.69. The molecule has 3 rings (SSSR count). The van der Waals surface area contributed by atoms with Crippen molar-refractivity contribution in [3.05, 3.63) is 76.9 Å². The third-order valence-electron chi connectivity index (χ3n) is 3.88. The number of phenols is 1. The maximum atomic E-state index is 10.4. The van der Waals surface area contributed by atoms with Crippen LogP contribution in [0.25, 0.3) is 0 Å². The van der Waals surface area contributed by atoms with Crippen LogP contribution in [-0.2, 0) is 0 Å². The summed E-state index contributed by atoms with van der Waals surface area (Å²) in [6.07, 6.45) is 19.8. The Kier molecular flexibility index (Phi) is 5.44. The van der Waals surface area contributed by atoms with Gasteiger partial charge in [-0.05, 0) is 12.1 Å². The van der Waals surface area contributed by atoms with Gasteiger partial charge in [0.15, 0.2) is 0 Å². The SMILES string of the molecule is Oc1c(C=NCC2C=CC=C2)cc(Cl)cc1C=NCC1C=CC=C1. The van der Waals surface area contributed by atoms with Crippen molar-refractivity contribution in [1.29, 1.82) is 0 Å². The van der Waals surface area contributed by atoms with Gasteiger partial charge in [0.25, 0.3) is 0 Å². The smallest absolute Gasteiger partial charge is 0.133 e. The normalized spacial score (nSPS) is 17.4. The molecular formula is C20H19ClN2O. The number of allylic oxidation sites excluding steroid dienone is 4. The van der Waals surface area contributed by atoms with Gasteiger partial charge in [-0.15, -0.1) is 0 Å². The molecule has 0 aliphatic heterocycles. The molecule has 0 aromatic heterocycles. The fourth-order valence-electron chi connectivity index (χ4n) is 2.58. The quantitative estimate of drug-likeness (QED) is 0.769. The van der Waals surface area contributed by atoms with E-state index in [9.17, 15) is 5.11 Å². The summed E-state index contributed by atoms with van der Waals surface area (Å²) in [6.45, 7) is 1.31. The standard InChI is InChI=1S/C20H19ClN2O/c21-19-9-17(13-22-11-15-5-1-2-6-15)20(24)18(10-19)14-23-12-16-7-3-4-8-16/h1-10,13-16,24H,11-12H2. The van der Waals surface area contributed by atoms with Gasteiger partial charge in [-0.2, -0.15) is 0 Å². The predicted molar refractivity (Wildman–Crippen MR) is 102 cm³/mol. The first-order valence-corrected chi connectivity index (χ1v) is 8.32. The Morgan fingerprint density at radius 3 is 1.67 bits per heavy atom. The Bertz CT molecular complexity index is 687. The van der Waals surface area contributed by atoms with Gasteiger partial charge in [-0.25, -0.2) is 0 Å². The number of phenolic OH excluding ortho intramolecular Hbond substituents is 1. The van der Waals surface area contributed by atoms with Crippen molar-refractivity contribution >= 4 is 24.0 Å². The van der Waals surface area contributed by atoms with E-state index in [1.54, 1.807) is 24.6 Å². The van der Waals surface area contributed by atoms with Crippen molar-refractivity contribution < 1.29 is 5.11 Å². The Morgan fingerprint density at radius 2 is 1.25 bits per heavy atom. The largest absolute Gasteiger partial charge is 0.507 e. The topological polar surface area (TPSA) is 45.0 Å². The van der Waals surface area contributed by atoms with Crippen molar-refractivity contribution in [2.45, 2.75) is 0 Å². The van der Waals surface area contributed by atoms with Crippen molar-refractivity contribution in [2.75, 3.05) is 13.1 Å². The lowest BCUT2D eigenvalue weighted by Gasteiger charge is -2.06. The second-order valence-corrected chi connectivity index (χ2v) is 6.23. The van der Waals surface area contributed by atoms with Crippen LogP contribution in [0.4, 0.5) is 0 Å². The molecule has 0 spiro atoms. The molecule has 0 unspecified atom stereocenters. The lowest BCUT2D eigenvalue weighted by atomic mass is 10.1. The zero-order valence-corrected chi connectivity index (χ0v) is 14.0. The number of aliphatic imine (C=N–C) groups is 2. The average molecular weight is 339 g/mol. The van der Waals surface area contributed by atoms with E-state index in [1.807, 2.05) is 24.3 Å². The summed E-state index contributed by atoms with van der Waals surface area (Å²) in [5, 5.41) is 11.0. The van der Waals surface area contributed by atoms with Gasteiger partial charge in [0.05, 0.1) is 0 Å². The molecule has 24 heavy (non-hydrogen) atoms. The summed E-state index contributed by atoms with van der Waals surface area (Å²) in [4.78, 5) is 8.80. The van der Waals surface area contributed by atoms with E-state index in [4.69, 9.17) is 11.6 Å². The molecule has 0 bridgehead atoms. The van der Waals surface area contributed by atoms with E-state index in [-0.39, 0.29) is 5.75 Å². The summed E-state index contributed by atoms with van der Waals surface area (Å²) in [5.41, 5.74) is 1.21.